The number of hydrogen-bond donors (Lipinski definition) is 4. The van der Waals surface area contributed by atoms with Gasteiger partial charge in [0.2, 0.25) is 0 Å². The number of aliphatic hydroxyl groups excluding tert-OH is 2. The number of piperidine rings is 2. The molecule has 0 bridgehead atoms. The Labute approximate surface area is 395 Å². The average Bonchev–Trinajstić information content (AvgIpc) is 3.29. The van der Waals surface area contributed by atoms with E-state index in [9.17, 15) is 20.4 Å². The van der Waals surface area contributed by atoms with Crippen molar-refractivity contribution < 1.29 is 25.2 Å². The van der Waals surface area contributed by atoms with Crippen LogP contribution in [0.15, 0.2) is 71.9 Å². The standard InChI is InChI=1S/C30H47NO2.C28H43NO3/c1-22(2)26-13-12-24(21-32)19-27(26)29-23(3)18-25(20-28(29)33-6)30(4,5)14-8-11-17-31-15-9-7-10-16-31;1-20(2)23-11-10-21(19-30)16-24(23)27-25(31)17-22(18-26(27)32)28(3,4)12-6-9-15-29-13-7-5-8-14-29/h18-20,26-27,32H,1,7-17,21H2,2-6H3;16-18,23-24,30-32H,1,5-15,19H2,2-4H3/t26-,27+;23-,24+/m11/s1. The van der Waals surface area contributed by atoms with E-state index in [-0.39, 0.29) is 53.3 Å². The summed E-state index contributed by atoms with van der Waals surface area (Å²) in [5.41, 5.74) is 9.81. The van der Waals surface area contributed by atoms with Crippen molar-refractivity contribution in [3.8, 4) is 17.2 Å². The van der Waals surface area contributed by atoms with Gasteiger partial charge in [-0.1, -0.05) is 95.9 Å². The molecular weight excluding hydrogens is 805 g/mol. The number of unbranched alkanes of at least 4 members (excludes halogenated alkanes) is 2. The predicted octanol–water partition coefficient (Wildman–Crippen LogP) is 12.9. The lowest BCUT2D eigenvalue weighted by Gasteiger charge is -2.34. The number of phenolic OH excluding ortho intramolecular Hbond substituents is 2. The Kier molecular flexibility index (Phi) is 19.9. The van der Waals surface area contributed by atoms with Crippen LogP contribution in [0.4, 0.5) is 0 Å². The maximum atomic E-state index is 11.0. The summed E-state index contributed by atoms with van der Waals surface area (Å²) in [6, 6.07) is 8.36. The zero-order valence-corrected chi connectivity index (χ0v) is 42.2. The summed E-state index contributed by atoms with van der Waals surface area (Å²) in [6.45, 7) is 31.6. The van der Waals surface area contributed by atoms with Crippen LogP contribution in [0.1, 0.15) is 184 Å². The van der Waals surface area contributed by atoms with Gasteiger partial charge < -0.3 is 35.0 Å². The van der Waals surface area contributed by atoms with Crippen LogP contribution < -0.4 is 4.74 Å². The summed E-state index contributed by atoms with van der Waals surface area (Å²) in [5.74, 6) is 1.87. The first-order chi connectivity index (χ1) is 31.0. The van der Waals surface area contributed by atoms with Gasteiger partial charge in [0.1, 0.15) is 17.2 Å². The number of methoxy groups -OCH3 is 1. The van der Waals surface area contributed by atoms with E-state index in [1.165, 1.54) is 126 Å². The molecule has 4 aliphatic rings. The Morgan fingerprint density at radius 3 is 1.45 bits per heavy atom. The van der Waals surface area contributed by atoms with E-state index in [4.69, 9.17) is 4.74 Å². The number of rotatable bonds is 19. The monoisotopic (exact) mass is 895 g/mol. The Morgan fingerprint density at radius 1 is 0.631 bits per heavy atom. The summed E-state index contributed by atoms with van der Waals surface area (Å²) in [5, 5.41) is 41.4. The first-order valence-corrected chi connectivity index (χ1v) is 25.6. The third-order valence-electron chi connectivity index (χ3n) is 15.8. The van der Waals surface area contributed by atoms with Gasteiger partial charge in [0.25, 0.3) is 0 Å². The fourth-order valence-electron chi connectivity index (χ4n) is 11.5. The van der Waals surface area contributed by atoms with Crippen LogP contribution in [0, 0.1) is 18.8 Å². The lowest BCUT2D eigenvalue weighted by Crippen LogP contribution is -2.30. The van der Waals surface area contributed by atoms with Crippen LogP contribution in [0.5, 0.6) is 17.2 Å². The van der Waals surface area contributed by atoms with Gasteiger partial charge in [0, 0.05) is 23.0 Å². The average molecular weight is 895 g/mol. The van der Waals surface area contributed by atoms with Crippen LogP contribution in [0.2, 0.25) is 0 Å². The Balaban J connectivity index is 0.000000244. The molecule has 0 saturated carbocycles. The fourth-order valence-corrected chi connectivity index (χ4v) is 11.5. The quantitative estimate of drug-likeness (QED) is 0.0824. The zero-order valence-electron chi connectivity index (χ0n) is 42.2. The first-order valence-electron chi connectivity index (χ1n) is 25.6. The molecule has 0 radical (unpaired) electrons. The highest BCUT2D eigenvalue weighted by molar-refractivity contribution is 5.53. The van der Waals surface area contributed by atoms with Gasteiger partial charge >= 0.3 is 0 Å². The first kappa shape index (κ1) is 52.6. The second kappa shape index (κ2) is 24.6. The molecular formula is C58H90N2O5. The molecule has 0 unspecified atom stereocenters. The van der Waals surface area contributed by atoms with Crippen LogP contribution in [0.25, 0.3) is 0 Å². The highest BCUT2D eigenvalue weighted by atomic mass is 16.5. The summed E-state index contributed by atoms with van der Waals surface area (Å²) < 4.78 is 5.99. The summed E-state index contributed by atoms with van der Waals surface area (Å²) in [4.78, 5) is 5.23. The van der Waals surface area contributed by atoms with E-state index in [1.54, 1.807) is 7.11 Å². The number of benzene rings is 2. The lowest BCUT2D eigenvalue weighted by molar-refractivity contribution is 0.222. The molecule has 2 saturated heterocycles. The van der Waals surface area contributed by atoms with Crippen LogP contribution in [0.3, 0.4) is 0 Å². The van der Waals surface area contributed by atoms with Gasteiger partial charge in [-0.15, -0.1) is 0 Å². The van der Waals surface area contributed by atoms with E-state index in [1.807, 2.05) is 25.1 Å². The largest absolute Gasteiger partial charge is 0.507 e. The van der Waals surface area contributed by atoms with Crippen molar-refractivity contribution in [2.75, 3.05) is 59.6 Å². The topological polar surface area (TPSA) is 96.6 Å². The van der Waals surface area contributed by atoms with Gasteiger partial charge in [-0.25, -0.2) is 0 Å². The van der Waals surface area contributed by atoms with Crippen molar-refractivity contribution in [1.29, 1.82) is 0 Å². The SMILES string of the molecule is C=C(C)[C@H]1CCC(CO)=C[C@@H]1c1c(C)cc(C(C)(C)CCCCN2CCCCC2)cc1OC.C=C(C)[C@H]1CCC(CO)=C[C@@H]1c1c(O)cc(C(C)(C)CCCCN2CCCCC2)cc1O. The molecule has 2 aliphatic carbocycles. The van der Waals surface area contributed by atoms with Gasteiger partial charge in [0.05, 0.1) is 20.3 Å². The number of aromatic hydroxyl groups is 2. The molecule has 4 N–H and O–H groups in total. The number of likely N-dealkylation sites (tertiary alicyclic amines) is 2. The Morgan fingerprint density at radius 2 is 1.05 bits per heavy atom. The molecule has 2 aromatic rings. The fraction of sp³-hybridized carbons (Fsp3) is 0.655. The lowest BCUT2D eigenvalue weighted by atomic mass is 9.71. The van der Waals surface area contributed by atoms with Crippen molar-refractivity contribution in [1.82, 2.24) is 9.80 Å². The van der Waals surface area contributed by atoms with Crippen LogP contribution >= 0.6 is 0 Å². The summed E-state index contributed by atoms with van der Waals surface area (Å²) in [6.07, 6.45) is 23.3. The molecule has 2 aromatic carbocycles. The number of nitrogens with zero attached hydrogens (tertiary/aromatic N) is 2. The van der Waals surface area contributed by atoms with E-state index in [0.717, 1.165) is 66.6 Å². The van der Waals surface area contributed by atoms with Gasteiger partial charge in [-0.3, -0.25) is 0 Å². The molecule has 2 aliphatic heterocycles. The molecule has 4 atom stereocenters. The predicted molar refractivity (Wildman–Crippen MR) is 273 cm³/mol. The molecule has 2 heterocycles. The van der Waals surface area contributed by atoms with Crippen LogP contribution in [-0.4, -0.2) is 89.8 Å². The molecule has 362 valence electrons. The minimum atomic E-state index is -0.162. The number of phenols is 2. The normalized spacial score (nSPS) is 22.4. The van der Waals surface area contributed by atoms with E-state index < -0.39 is 0 Å². The number of allylic oxidation sites excluding steroid dienone is 4. The second-order valence-corrected chi connectivity index (χ2v) is 21.8. The molecule has 65 heavy (non-hydrogen) atoms. The number of aryl methyl sites for hydroxylation is 1. The Hall–Kier alpha value is -3.36. The molecule has 7 nitrogen and oxygen atoms in total. The summed E-state index contributed by atoms with van der Waals surface area (Å²) in [7, 11) is 1.79. The number of ether oxygens (including phenoxy) is 1. The molecule has 6 rings (SSSR count). The van der Waals surface area contributed by atoms with Crippen molar-refractivity contribution in [2.24, 2.45) is 11.8 Å². The van der Waals surface area contributed by atoms with Crippen molar-refractivity contribution in [3.05, 3.63) is 99.7 Å². The molecule has 0 spiro atoms. The third kappa shape index (κ3) is 14.3. The minimum Gasteiger partial charge on any atom is -0.507 e. The molecule has 0 aromatic heterocycles. The van der Waals surface area contributed by atoms with Gasteiger partial charge in [-0.05, 0) is 206 Å². The Bertz CT molecular complexity index is 1910. The van der Waals surface area contributed by atoms with Crippen LogP contribution in [-0.2, 0) is 10.8 Å². The smallest absolute Gasteiger partial charge is 0.123 e. The highest BCUT2D eigenvalue weighted by Crippen LogP contribution is 2.49. The molecule has 0 amide bonds. The zero-order chi connectivity index (χ0) is 47.3. The second-order valence-electron chi connectivity index (χ2n) is 21.8. The van der Waals surface area contributed by atoms with E-state index in [0.29, 0.717) is 11.5 Å². The van der Waals surface area contributed by atoms with Gasteiger partial charge in [-0.2, -0.15) is 0 Å². The van der Waals surface area contributed by atoms with Crippen molar-refractivity contribution in [3.63, 3.8) is 0 Å². The van der Waals surface area contributed by atoms with E-state index in [2.05, 4.69) is 82.7 Å². The maximum absolute atomic E-state index is 11.0. The molecule has 2 fully saturated rings. The highest BCUT2D eigenvalue weighted by Gasteiger charge is 2.34. The number of hydrogen-bond acceptors (Lipinski definition) is 7. The minimum absolute atomic E-state index is 0.0173. The maximum Gasteiger partial charge on any atom is 0.123 e. The van der Waals surface area contributed by atoms with Crippen molar-refractivity contribution >= 4 is 0 Å². The number of aliphatic hydroxyl groups is 2. The van der Waals surface area contributed by atoms with Gasteiger partial charge in [0.15, 0.2) is 0 Å². The third-order valence-corrected chi connectivity index (χ3v) is 15.8. The van der Waals surface area contributed by atoms with Crippen molar-refractivity contribution in [2.45, 2.75) is 174 Å². The van der Waals surface area contributed by atoms with E-state index >= 15 is 0 Å². The molecule has 7 heteroatoms. The summed E-state index contributed by atoms with van der Waals surface area (Å²) >= 11 is 0.